The Kier molecular flexibility index (Phi) is 11.6. The molecule has 0 radical (unpaired) electrons. The number of aliphatic hydroxyl groups excluding tert-OH is 1. The maximum atomic E-state index is 14.3. The Morgan fingerprint density at radius 1 is 0.936 bits per heavy atom. The van der Waals surface area contributed by atoms with Crippen LogP contribution in [-0.4, -0.2) is 56.4 Å². The van der Waals surface area contributed by atoms with Crippen LogP contribution in [-0.2, 0) is 16.0 Å². The van der Waals surface area contributed by atoms with Gasteiger partial charge in [-0.3, -0.25) is 10.2 Å². The van der Waals surface area contributed by atoms with Gasteiger partial charge in [0.2, 0.25) is 5.90 Å². The van der Waals surface area contributed by atoms with E-state index in [2.05, 4.69) is 10.9 Å². The summed E-state index contributed by atoms with van der Waals surface area (Å²) in [6.07, 6.45) is 4.76. The molecule has 1 aliphatic heterocycles. The van der Waals surface area contributed by atoms with Crippen molar-refractivity contribution in [1.82, 2.24) is 10.9 Å². The van der Waals surface area contributed by atoms with Gasteiger partial charge in [-0.05, 0) is 59.5 Å². The van der Waals surface area contributed by atoms with Gasteiger partial charge in [-0.2, -0.15) is 0 Å². The number of rotatable bonds is 16. The summed E-state index contributed by atoms with van der Waals surface area (Å²) in [5, 5.41) is 9.07. The molecule has 3 N–H and O–H groups in total. The van der Waals surface area contributed by atoms with Crippen molar-refractivity contribution in [3.8, 4) is 17.2 Å². The molecule has 1 heterocycles. The number of carbonyl (C=O) groups excluding carboxylic acids is 1. The lowest BCUT2D eigenvalue weighted by Crippen LogP contribution is -2.52. The molecule has 0 saturated carbocycles. The zero-order valence-electron chi connectivity index (χ0n) is 26.7. The Labute approximate surface area is 275 Å². The molecule has 0 spiro atoms. The first-order valence-electron chi connectivity index (χ1n) is 15.7. The van der Waals surface area contributed by atoms with E-state index in [9.17, 15) is 4.79 Å². The van der Waals surface area contributed by atoms with Crippen molar-refractivity contribution in [2.24, 2.45) is 4.99 Å². The van der Waals surface area contributed by atoms with E-state index >= 15 is 0 Å². The first kappa shape index (κ1) is 33.2. The smallest absolute Gasteiger partial charge is 0.266 e. The Hall–Kier alpha value is -5.12. The van der Waals surface area contributed by atoms with Crippen molar-refractivity contribution in [1.29, 1.82) is 0 Å². The van der Waals surface area contributed by atoms with Gasteiger partial charge in [0.1, 0.15) is 5.75 Å². The second kappa shape index (κ2) is 16.4. The standard InChI is InChI=1S/C38H41N3O6/c1-44-33-21-16-29(27-34(33)45-2)22-24-39-41-37(43)38(23-9-13-28-11-5-3-6-12-28)35(30-14-7-4-8-15-30)47-36(40-38)31-17-19-32(20-18-31)46-26-10-25-42/h3-9,11-21,27,35,39,42H,10,22-26H2,1-2H3,(H,41,43)/b13-9+/t35-,38-/m0/s1. The molecule has 2 atom stereocenters. The van der Waals surface area contributed by atoms with Crippen LogP contribution in [0.3, 0.4) is 0 Å². The molecule has 0 bridgehead atoms. The molecular weight excluding hydrogens is 594 g/mol. The molecule has 47 heavy (non-hydrogen) atoms. The van der Waals surface area contributed by atoms with Crippen molar-refractivity contribution in [3.63, 3.8) is 0 Å². The maximum Gasteiger partial charge on any atom is 0.266 e. The molecule has 0 saturated heterocycles. The summed E-state index contributed by atoms with van der Waals surface area (Å²) >= 11 is 0. The minimum atomic E-state index is -1.31. The van der Waals surface area contributed by atoms with Gasteiger partial charge in [-0.25, -0.2) is 10.4 Å². The summed E-state index contributed by atoms with van der Waals surface area (Å²) in [6.45, 7) is 0.958. The number of hydrogen-bond acceptors (Lipinski definition) is 8. The van der Waals surface area contributed by atoms with E-state index in [0.29, 0.717) is 49.1 Å². The van der Waals surface area contributed by atoms with E-state index in [1.807, 2.05) is 115 Å². The lowest BCUT2D eigenvalue weighted by molar-refractivity contribution is -0.129. The predicted molar refractivity (Wildman–Crippen MR) is 183 cm³/mol. The Balaban J connectivity index is 1.41. The van der Waals surface area contributed by atoms with Crippen LogP contribution in [0, 0.1) is 0 Å². The number of methoxy groups -OCH3 is 2. The van der Waals surface area contributed by atoms with E-state index in [0.717, 1.165) is 22.3 Å². The molecule has 0 fully saturated rings. The number of aliphatic imine (C=N–C) groups is 1. The predicted octanol–water partition coefficient (Wildman–Crippen LogP) is 5.69. The fraction of sp³-hybridized carbons (Fsp3) is 0.263. The number of carbonyl (C=O) groups is 1. The van der Waals surface area contributed by atoms with Crippen LogP contribution >= 0.6 is 0 Å². The van der Waals surface area contributed by atoms with Crippen LogP contribution in [0.4, 0.5) is 0 Å². The number of aliphatic hydroxyl groups is 1. The number of hydrogen-bond donors (Lipinski definition) is 3. The quantitative estimate of drug-likeness (QED) is 0.107. The van der Waals surface area contributed by atoms with E-state index in [4.69, 9.17) is 29.0 Å². The minimum Gasteiger partial charge on any atom is -0.494 e. The third-order valence-electron chi connectivity index (χ3n) is 7.86. The number of nitrogens with zero attached hydrogens (tertiary/aromatic N) is 1. The van der Waals surface area contributed by atoms with Crippen LogP contribution < -0.4 is 25.1 Å². The van der Waals surface area contributed by atoms with Crippen molar-refractivity contribution in [2.45, 2.75) is 30.9 Å². The van der Waals surface area contributed by atoms with Gasteiger partial charge in [0, 0.05) is 31.6 Å². The van der Waals surface area contributed by atoms with Gasteiger partial charge < -0.3 is 24.1 Å². The molecule has 9 nitrogen and oxygen atoms in total. The summed E-state index contributed by atoms with van der Waals surface area (Å²) < 4.78 is 23.0. The first-order valence-corrected chi connectivity index (χ1v) is 15.7. The second-order valence-electron chi connectivity index (χ2n) is 11.0. The van der Waals surface area contributed by atoms with Crippen LogP contribution in [0.15, 0.2) is 114 Å². The van der Waals surface area contributed by atoms with Crippen LogP contribution in [0.5, 0.6) is 17.2 Å². The highest BCUT2D eigenvalue weighted by Crippen LogP contribution is 2.43. The van der Waals surface area contributed by atoms with Crippen LogP contribution in [0.1, 0.15) is 41.2 Å². The normalized spacial score (nSPS) is 17.2. The molecule has 4 aromatic rings. The average molecular weight is 636 g/mol. The summed E-state index contributed by atoms with van der Waals surface area (Å²) in [5.74, 6) is 2.05. The Bertz CT molecular complexity index is 1640. The number of nitrogens with one attached hydrogen (secondary N) is 2. The zero-order valence-corrected chi connectivity index (χ0v) is 26.7. The number of ether oxygens (including phenoxy) is 4. The lowest BCUT2D eigenvalue weighted by Gasteiger charge is -2.29. The lowest BCUT2D eigenvalue weighted by atomic mass is 9.84. The molecule has 0 unspecified atom stereocenters. The van der Waals surface area contributed by atoms with E-state index in [-0.39, 0.29) is 18.9 Å². The highest BCUT2D eigenvalue weighted by atomic mass is 16.5. The van der Waals surface area contributed by atoms with Gasteiger partial charge in [0.25, 0.3) is 5.91 Å². The molecule has 1 amide bonds. The Morgan fingerprint density at radius 3 is 2.36 bits per heavy atom. The van der Waals surface area contributed by atoms with Crippen LogP contribution in [0.2, 0.25) is 0 Å². The second-order valence-corrected chi connectivity index (χ2v) is 11.0. The summed E-state index contributed by atoms with van der Waals surface area (Å²) in [6, 6.07) is 32.8. The third-order valence-corrected chi connectivity index (χ3v) is 7.86. The molecule has 0 aliphatic carbocycles. The molecular formula is C38H41N3O6. The topological polar surface area (TPSA) is 111 Å². The minimum absolute atomic E-state index is 0.0670. The number of benzene rings is 4. The largest absolute Gasteiger partial charge is 0.494 e. The van der Waals surface area contributed by atoms with Gasteiger partial charge in [0.15, 0.2) is 23.1 Å². The summed E-state index contributed by atoms with van der Waals surface area (Å²) in [5.41, 5.74) is 8.35. The monoisotopic (exact) mass is 635 g/mol. The van der Waals surface area contributed by atoms with Crippen molar-refractivity contribution in [2.75, 3.05) is 34.0 Å². The first-order chi connectivity index (χ1) is 23.1. The third kappa shape index (κ3) is 8.38. The zero-order chi connectivity index (χ0) is 32.9. The Morgan fingerprint density at radius 2 is 1.66 bits per heavy atom. The van der Waals surface area contributed by atoms with Crippen LogP contribution in [0.25, 0.3) is 6.08 Å². The molecule has 1 aliphatic rings. The van der Waals surface area contributed by atoms with E-state index < -0.39 is 11.6 Å². The maximum absolute atomic E-state index is 14.3. The van der Waals surface area contributed by atoms with Gasteiger partial charge in [-0.15, -0.1) is 0 Å². The van der Waals surface area contributed by atoms with Gasteiger partial charge in [0.05, 0.1) is 20.8 Å². The average Bonchev–Trinajstić information content (AvgIpc) is 3.52. The van der Waals surface area contributed by atoms with Crippen molar-refractivity contribution < 1.29 is 28.8 Å². The molecule has 244 valence electrons. The number of amides is 1. The van der Waals surface area contributed by atoms with Gasteiger partial charge >= 0.3 is 0 Å². The summed E-state index contributed by atoms with van der Waals surface area (Å²) in [7, 11) is 3.21. The molecule has 9 heteroatoms. The van der Waals surface area contributed by atoms with Gasteiger partial charge in [-0.1, -0.05) is 78.9 Å². The van der Waals surface area contributed by atoms with Crippen molar-refractivity contribution in [3.05, 3.63) is 131 Å². The highest BCUT2D eigenvalue weighted by Gasteiger charge is 2.52. The highest BCUT2D eigenvalue weighted by molar-refractivity contribution is 6.01. The SMILES string of the molecule is COc1ccc(CCNNC(=O)[C@@]2(C/C=C/c3ccccc3)N=C(c3ccc(OCCCO)cc3)O[C@H]2c2ccccc2)cc1OC. The number of hydrazine groups is 1. The fourth-order valence-corrected chi connectivity index (χ4v) is 5.38. The van der Waals surface area contributed by atoms with E-state index in [1.165, 1.54) is 0 Å². The molecule has 4 aromatic carbocycles. The fourth-order valence-electron chi connectivity index (χ4n) is 5.38. The molecule has 5 rings (SSSR count). The summed E-state index contributed by atoms with van der Waals surface area (Å²) in [4.78, 5) is 19.3. The van der Waals surface area contributed by atoms with E-state index in [1.54, 1.807) is 14.2 Å². The molecule has 0 aromatic heterocycles. The van der Waals surface area contributed by atoms with Crippen molar-refractivity contribution >= 4 is 17.9 Å².